The van der Waals surface area contributed by atoms with Gasteiger partial charge in [0, 0.05) is 23.1 Å². The van der Waals surface area contributed by atoms with Crippen LogP contribution in [0.5, 0.6) is 0 Å². The van der Waals surface area contributed by atoms with Crippen LogP contribution in [0.1, 0.15) is 29.0 Å². The lowest BCUT2D eigenvalue weighted by atomic mass is 9.71. The Morgan fingerprint density at radius 3 is 2.60 bits per heavy atom. The van der Waals surface area contributed by atoms with Gasteiger partial charge in [-0.3, -0.25) is 10.4 Å². The third-order valence-corrected chi connectivity index (χ3v) is 6.01. The average molecular weight is 331 g/mol. The Morgan fingerprint density at radius 2 is 1.88 bits per heavy atom. The molecule has 1 aliphatic carbocycles. The maximum Gasteiger partial charge on any atom is 0.111 e. The molecule has 1 saturated heterocycles. The van der Waals surface area contributed by atoms with E-state index in [-0.39, 0.29) is 11.3 Å². The number of hydrogen-bond acceptors (Lipinski definition) is 3. The number of fused-ring (bicyclic) bond motifs is 1. The maximum absolute atomic E-state index is 10.8. The first-order valence-electron chi connectivity index (χ1n) is 8.86. The van der Waals surface area contributed by atoms with Crippen molar-refractivity contribution < 1.29 is 5.11 Å². The molecule has 25 heavy (non-hydrogen) atoms. The molecule has 1 fully saturated rings. The van der Waals surface area contributed by atoms with E-state index >= 15 is 0 Å². The first-order chi connectivity index (χ1) is 12.3. The first kappa shape index (κ1) is 14.9. The van der Waals surface area contributed by atoms with Crippen molar-refractivity contribution in [2.45, 2.75) is 25.0 Å². The quantitative estimate of drug-likeness (QED) is 0.676. The van der Waals surface area contributed by atoms with Crippen molar-refractivity contribution >= 4 is 0 Å². The summed E-state index contributed by atoms with van der Waals surface area (Å²) in [5, 5.41) is 20.9. The Balaban J connectivity index is 1.60. The summed E-state index contributed by atoms with van der Waals surface area (Å²) < 4.78 is 0. The Morgan fingerprint density at radius 1 is 1.04 bits per heavy atom. The van der Waals surface area contributed by atoms with Gasteiger partial charge in [-0.2, -0.15) is 5.10 Å². The van der Waals surface area contributed by atoms with Gasteiger partial charge in [0.1, 0.15) is 6.23 Å². The van der Waals surface area contributed by atoms with E-state index in [0.29, 0.717) is 0 Å². The van der Waals surface area contributed by atoms with E-state index < -0.39 is 6.23 Å². The van der Waals surface area contributed by atoms with Gasteiger partial charge >= 0.3 is 0 Å². The topological polar surface area (TPSA) is 60.9 Å². The van der Waals surface area contributed by atoms with Crippen molar-refractivity contribution in [1.29, 1.82) is 0 Å². The molecule has 3 atom stereocenters. The van der Waals surface area contributed by atoms with Crippen LogP contribution in [-0.2, 0) is 6.42 Å². The lowest BCUT2D eigenvalue weighted by Gasteiger charge is -2.35. The summed E-state index contributed by atoms with van der Waals surface area (Å²) in [5.74, 6) is 0.229. The number of aliphatic hydroxyl groups is 1. The van der Waals surface area contributed by atoms with E-state index in [1.54, 1.807) is 0 Å². The number of nitrogens with one attached hydrogen (secondary N) is 2. The van der Waals surface area contributed by atoms with Gasteiger partial charge in [-0.15, -0.1) is 0 Å². The van der Waals surface area contributed by atoms with Crippen molar-refractivity contribution in [3.05, 3.63) is 77.6 Å². The number of aromatic nitrogens is 2. The minimum atomic E-state index is -0.460. The van der Waals surface area contributed by atoms with Crippen LogP contribution in [0.3, 0.4) is 0 Å². The number of H-pyrrole nitrogens is 1. The fraction of sp³-hybridized carbons (Fsp3) is 0.286. The molecule has 3 aromatic rings. The molecule has 2 aromatic carbocycles. The minimum Gasteiger partial charge on any atom is -0.378 e. The molecule has 3 unspecified atom stereocenters. The van der Waals surface area contributed by atoms with Crippen LogP contribution in [0.15, 0.2) is 60.9 Å². The van der Waals surface area contributed by atoms with Crippen LogP contribution in [-0.4, -0.2) is 28.1 Å². The molecule has 0 saturated carbocycles. The zero-order valence-electron chi connectivity index (χ0n) is 13.9. The van der Waals surface area contributed by atoms with Crippen molar-refractivity contribution in [2.24, 2.45) is 5.41 Å². The van der Waals surface area contributed by atoms with Crippen LogP contribution in [0.4, 0.5) is 0 Å². The third-order valence-electron chi connectivity index (χ3n) is 6.01. The molecular weight excluding hydrogens is 310 g/mol. The third kappa shape index (κ3) is 2.18. The lowest BCUT2D eigenvalue weighted by Crippen LogP contribution is -2.40. The smallest absolute Gasteiger partial charge is 0.111 e. The molecule has 2 heterocycles. The number of nitrogens with zero attached hydrogens (tertiary/aromatic N) is 1. The Labute approximate surface area is 146 Å². The molecule has 1 aromatic heterocycles. The largest absolute Gasteiger partial charge is 0.378 e. The number of hydrogen-bond donors (Lipinski definition) is 3. The lowest BCUT2D eigenvalue weighted by molar-refractivity contribution is 0.0334. The average Bonchev–Trinajstić information content (AvgIpc) is 3.36. The normalized spacial score (nSPS) is 27.7. The molecular formula is C21H21N3O. The molecule has 1 spiro atoms. The van der Waals surface area contributed by atoms with Gasteiger partial charge in [-0.25, -0.2) is 0 Å². The van der Waals surface area contributed by atoms with Crippen LogP contribution in [0, 0.1) is 5.41 Å². The maximum atomic E-state index is 10.8. The van der Waals surface area contributed by atoms with E-state index in [0.717, 1.165) is 30.5 Å². The molecule has 126 valence electrons. The fourth-order valence-corrected chi connectivity index (χ4v) is 4.80. The summed E-state index contributed by atoms with van der Waals surface area (Å²) in [6.45, 7) is 0.874. The zero-order valence-corrected chi connectivity index (χ0v) is 13.9. The van der Waals surface area contributed by atoms with E-state index in [4.69, 9.17) is 0 Å². The zero-order chi connectivity index (χ0) is 16.9. The van der Waals surface area contributed by atoms with Crippen molar-refractivity contribution in [3.8, 4) is 11.1 Å². The molecule has 1 aliphatic heterocycles. The Hall–Kier alpha value is -2.43. The molecule has 4 nitrogen and oxygen atoms in total. The highest BCUT2D eigenvalue weighted by molar-refractivity contribution is 5.62. The van der Waals surface area contributed by atoms with E-state index in [9.17, 15) is 5.11 Å². The molecule has 0 radical (unpaired) electrons. The second-order valence-corrected chi connectivity index (χ2v) is 7.26. The standard InChI is InChI=1S/C21H21N3O/c25-20-21(9-10-22-20)11-16-3-1-2-4-18(16)19(21)15-7-5-14(6-8-15)17-12-23-24-13-17/h1-8,12-13,19-20,22,25H,9-11H2,(H,23,24). The second kappa shape index (κ2) is 5.55. The summed E-state index contributed by atoms with van der Waals surface area (Å²) in [6.07, 6.45) is 5.22. The summed E-state index contributed by atoms with van der Waals surface area (Å²) in [4.78, 5) is 0. The van der Waals surface area contributed by atoms with E-state index in [2.05, 4.69) is 64.0 Å². The van der Waals surface area contributed by atoms with Gasteiger partial charge in [0.05, 0.1) is 6.20 Å². The predicted molar refractivity (Wildman–Crippen MR) is 97.1 cm³/mol. The molecule has 2 aliphatic rings. The van der Waals surface area contributed by atoms with Gasteiger partial charge in [0.15, 0.2) is 0 Å². The van der Waals surface area contributed by atoms with Gasteiger partial charge < -0.3 is 5.11 Å². The Bertz CT molecular complexity index is 888. The van der Waals surface area contributed by atoms with Crippen molar-refractivity contribution in [3.63, 3.8) is 0 Å². The number of benzene rings is 2. The van der Waals surface area contributed by atoms with Crippen LogP contribution in [0.25, 0.3) is 11.1 Å². The number of aromatic amines is 1. The second-order valence-electron chi connectivity index (χ2n) is 7.26. The minimum absolute atomic E-state index is 0.138. The van der Waals surface area contributed by atoms with E-state index in [1.165, 1.54) is 16.7 Å². The van der Waals surface area contributed by atoms with Crippen molar-refractivity contribution in [2.75, 3.05) is 6.54 Å². The summed E-state index contributed by atoms with van der Waals surface area (Å²) in [5.41, 5.74) is 6.12. The molecule has 4 heteroatoms. The van der Waals surface area contributed by atoms with E-state index in [1.807, 2.05) is 12.4 Å². The highest BCUT2D eigenvalue weighted by atomic mass is 16.3. The highest BCUT2D eigenvalue weighted by Gasteiger charge is 2.53. The molecule has 0 amide bonds. The predicted octanol–water partition coefficient (Wildman–Crippen LogP) is 3.06. The number of rotatable bonds is 2. The van der Waals surface area contributed by atoms with Crippen molar-refractivity contribution in [1.82, 2.24) is 15.5 Å². The molecule has 3 N–H and O–H groups in total. The van der Waals surface area contributed by atoms with Gasteiger partial charge in [-0.05, 0) is 41.6 Å². The summed E-state index contributed by atoms with van der Waals surface area (Å²) in [6, 6.07) is 17.4. The van der Waals surface area contributed by atoms with Crippen LogP contribution in [0.2, 0.25) is 0 Å². The van der Waals surface area contributed by atoms with Gasteiger partial charge in [0.2, 0.25) is 0 Å². The molecule has 5 rings (SSSR count). The number of aliphatic hydroxyl groups excluding tert-OH is 1. The van der Waals surface area contributed by atoms with Gasteiger partial charge in [0.25, 0.3) is 0 Å². The highest BCUT2D eigenvalue weighted by Crippen LogP contribution is 2.55. The summed E-state index contributed by atoms with van der Waals surface area (Å²) in [7, 11) is 0. The van der Waals surface area contributed by atoms with Crippen LogP contribution >= 0.6 is 0 Å². The summed E-state index contributed by atoms with van der Waals surface area (Å²) >= 11 is 0. The van der Waals surface area contributed by atoms with Gasteiger partial charge in [-0.1, -0.05) is 48.5 Å². The van der Waals surface area contributed by atoms with Crippen LogP contribution < -0.4 is 5.32 Å². The SMILES string of the molecule is OC1NCCC12Cc1ccccc1C2c1ccc(-c2cn[nH]c2)cc1. The molecule has 0 bridgehead atoms. The Kier molecular flexibility index (Phi) is 3.30. The monoisotopic (exact) mass is 331 g/mol. The first-order valence-corrected chi connectivity index (χ1v) is 8.86. The fourth-order valence-electron chi connectivity index (χ4n) is 4.80.